The third-order valence-electron chi connectivity index (χ3n) is 1.95. The van der Waals surface area contributed by atoms with E-state index in [1.165, 1.54) is 6.21 Å². The third-order valence-corrected chi connectivity index (χ3v) is 1.95. The first-order valence-electron chi connectivity index (χ1n) is 5.50. The minimum atomic E-state index is -0.0968. The highest BCUT2D eigenvalue weighted by molar-refractivity contribution is 5.86. The van der Waals surface area contributed by atoms with Crippen molar-refractivity contribution in [3.8, 4) is 11.5 Å². The molecular formula is C12H18N4O2. The second-order valence-corrected chi connectivity index (χ2v) is 3.81. The van der Waals surface area contributed by atoms with Crippen LogP contribution in [-0.4, -0.2) is 25.4 Å². The molecule has 98 valence electrons. The SMILES string of the molecule is COc1cccc(/C=N/N=C(N)N)c1OC(C)C. The zero-order valence-electron chi connectivity index (χ0n) is 10.8. The lowest BCUT2D eigenvalue weighted by Crippen LogP contribution is -2.21. The Labute approximate surface area is 106 Å². The molecule has 0 fully saturated rings. The van der Waals surface area contributed by atoms with E-state index in [0.717, 1.165) is 5.56 Å². The first-order valence-corrected chi connectivity index (χ1v) is 5.50. The molecule has 18 heavy (non-hydrogen) atoms. The minimum absolute atomic E-state index is 0.0246. The maximum atomic E-state index is 5.70. The Balaban J connectivity index is 3.09. The molecule has 0 bridgehead atoms. The van der Waals surface area contributed by atoms with Gasteiger partial charge in [-0.15, -0.1) is 5.10 Å². The number of methoxy groups -OCH3 is 1. The molecule has 4 N–H and O–H groups in total. The third kappa shape index (κ3) is 3.97. The van der Waals surface area contributed by atoms with Crippen LogP contribution in [0.4, 0.5) is 0 Å². The Kier molecular flexibility index (Phi) is 4.98. The molecule has 0 saturated carbocycles. The highest BCUT2D eigenvalue weighted by Crippen LogP contribution is 2.30. The number of ether oxygens (including phenoxy) is 2. The quantitative estimate of drug-likeness (QED) is 0.464. The second kappa shape index (κ2) is 6.48. The largest absolute Gasteiger partial charge is 0.493 e. The summed E-state index contributed by atoms with van der Waals surface area (Å²) in [6, 6.07) is 5.49. The summed E-state index contributed by atoms with van der Waals surface area (Å²) in [6.07, 6.45) is 1.54. The molecule has 6 nitrogen and oxygen atoms in total. The molecular weight excluding hydrogens is 232 g/mol. The van der Waals surface area contributed by atoms with Crippen LogP contribution in [0.1, 0.15) is 19.4 Å². The highest BCUT2D eigenvalue weighted by atomic mass is 16.5. The van der Waals surface area contributed by atoms with Crippen LogP contribution in [0.15, 0.2) is 28.4 Å². The lowest BCUT2D eigenvalue weighted by atomic mass is 10.2. The normalized spacial score (nSPS) is 10.7. The van der Waals surface area contributed by atoms with E-state index in [0.29, 0.717) is 11.5 Å². The maximum Gasteiger partial charge on any atom is 0.211 e. The molecule has 0 heterocycles. The van der Waals surface area contributed by atoms with Gasteiger partial charge in [-0.3, -0.25) is 0 Å². The van der Waals surface area contributed by atoms with E-state index >= 15 is 0 Å². The van der Waals surface area contributed by atoms with Crippen LogP contribution in [-0.2, 0) is 0 Å². The Morgan fingerprint density at radius 1 is 1.33 bits per heavy atom. The molecule has 0 aliphatic heterocycles. The van der Waals surface area contributed by atoms with Gasteiger partial charge in [-0.2, -0.15) is 5.10 Å². The molecule has 6 heteroatoms. The van der Waals surface area contributed by atoms with E-state index in [1.807, 2.05) is 32.0 Å². The van der Waals surface area contributed by atoms with Crippen molar-refractivity contribution in [2.45, 2.75) is 20.0 Å². The summed E-state index contributed by atoms with van der Waals surface area (Å²) in [4.78, 5) is 0. The van der Waals surface area contributed by atoms with Crippen molar-refractivity contribution in [2.24, 2.45) is 21.7 Å². The summed E-state index contributed by atoms with van der Waals surface area (Å²) in [7, 11) is 1.58. The van der Waals surface area contributed by atoms with Gasteiger partial charge in [0.15, 0.2) is 11.5 Å². The summed E-state index contributed by atoms with van der Waals surface area (Å²) < 4.78 is 10.9. The number of hydrogen-bond donors (Lipinski definition) is 2. The van der Waals surface area contributed by atoms with Gasteiger partial charge in [-0.05, 0) is 26.0 Å². The van der Waals surface area contributed by atoms with Crippen LogP contribution in [0.5, 0.6) is 11.5 Å². The van der Waals surface area contributed by atoms with Crippen molar-refractivity contribution < 1.29 is 9.47 Å². The van der Waals surface area contributed by atoms with Crippen molar-refractivity contribution in [2.75, 3.05) is 7.11 Å². The van der Waals surface area contributed by atoms with Gasteiger partial charge in [0, 0.05) is 5.56 Å². The van der Waals surface area contributed by atoms with Gasteiger partial charge in [0.1, 0.15) is 0 Å². The summed E-state index contributed by atoms with van der Waals surface area (Å²) in [5.41, 5.74) is 11.1. The predicted molar refractivity (Wildman–Crippen MR) is 72.2 cm³/mol. The first kappa shape index (κ1) is 13.8. The molecule has 0 aliphatic rings. The summed E-state index contributed by atoms with van der Waals surface area (Å²) in [5, 5.41) is 7.30. The fourth-order valence-corrected chi connectivity index (χ4v) is 1.31. The molecule has 0 saturated heterocycles. The van der Waals surface area contributed by atoms with Gasteiger partial charge in [-0.25, -0.2) is 0 Å². The molecule has 1 rings (SSSR count). The molecule has 0 aromatic heterocycles. The Hall–Kier alpha value is -2.24. The molecule has 0 amide bonds. The van der Waals surface area contributed by atoms with Crippen LogP contribution >= 0.6 is 0 Å². The average Bonchev–Trinajstić information content (AvgIpc) is 2.30. The Morgan fingerprint density at radius 3 is 2.61 bits per heavy atom. The lowest BCUT2D eigenvalue weighted by molar-refractivity contribution is 0.230. The average molecular weight is 250 g/mol. The molecule has 0 unspecified atom stereocenters. The fourth-order valence-electron chi connectivity index (χ4n) is 1.31. The summed E-state index contributed by atoms with van der Waals surface area (Å²) in [6.45, 7) is 3.87. The van der Waals surface area contributed by atoms with Crippen molar-refractivity contribution in [1.82, 2.24) is 0 Å². The van der Waals surface area contributed by atoms with E-state index in [9.17, 15) is 0 Å². The number of nitrogens with zero attached hydrogens (tertiary/aromatic N) is 2. The maximum absolute atomic E-state index is 5.70. The number of nitrogens with two attached hydrogens (primary N) is 2. The minimum Gasteiger partial charge on any atom is -0.493 e. The highest BCUT2D eigenvalue weighted by Gasteiger charge is 2.10. The van der Waals surface area contributed by atoms with Crippen LogP contribution in [0.25, 0.3) is 0 Å². The lowest BCUT2D eigenvalue weighted by Gasteiger charge is -2.15. The molecule has 0 spiro atoms. The number of benzene rings is 1. The van der Waals surface area contributed by atoms with Crippen molar-refractivity contribution >= 4 is 12.2 Å². The molecule has 0 atom stereocenters. The number of guanidine groups is 1. The topological polar surface area (TPSA) is 95.2 Å². The smallest absolute Gasteiger partial charge is 0.211 e. The van der Waals surface area contributed by atoms with Gasteiger partial charge in [0.05, 0.1) is 19.4 Å². The van der Waals surface area contributed by atoms with Crippen molar-refractivity contribution in [1.29, 1.82) is 0 Å². The fraction of sp³-hybridized carbons (Fsp3) is 0.333. The second-order valence-electron chi connectivity index (χ2n) is 3.81. The van der Waals surface area contributed by atoms with Gasteiger partial charge < -0.3 is 20.9 Å². The first-order chi connectivity index (χ1) is 8.54. The van der Waals surface area contributed by atoms with Crippen LogP contribution < -0.4 is 20.9 Å². The zero-order chi connectivity index (χ0) is 13.5. The van der Waals surface area contributed by atoms with E-state index in [-0.39, 0.29) is 12.1 Å². The molecule has 0 radical (unpaired) electrons. The molecule has 1 aromatic carbocycles. The van der Waals surface area contributed by atoms with E-state index in [1.54, 1.807) is 7.11 Å². The van der Waals surface area contributed by atoms with Crippen molar-refractivity contribution in [3.63, 3.8) is 0 Å². The number of hydrogen-bond acceptors (Lipinski definition) is 4. The van der Waals surface area contributed by atoms with Gasteiger partial charge in [0.25, 0.3) is 0 Å². The zero-order valence-corrected chi connectivity index (χ0v) is 10.8. The Bertz CT molecular complexity index is 451. The van der Waals surface area contributed by atoms with Crippen LogP contribution in [0.3, 0.4) is 0 Å². The van der Waals surface area contributed by atoms with Crippen LogP contribution in [0.2, 0.25) is 0 Å². The monoisotopic (exact) mass is 250 g/mol. The standard InChI is InChI=1S/C12H18N4O2/c1-8(2)18-11-9(7-15-16-12(13)14)5-4-6-10(11)17-3/h4-8H,1-3H3,(H4,13,14,16)/b15-7+. The van der Waals surface area contributed by atoms with Gasteiger partial charge in [-0.1, -0.05) is 6.07 Å². The predicted octanol–water partition coefficient (Wildman–Crippen LogP) is 1.09. The van der Waals surface area contributed by atoms with E-state index in [4.69, 9.17) is 20.9 Å². The number of rotatable bonds is 5. The molecule has 1 aromatic rings. The van der Waals surface area contributed by atoms with Gasteiger partial charge >= 0.3 is 0 Å². The van der Waals surface area contributed by atoms with Crippen molar-refractivity contribution in [3.05, 3.63) is 23.8 Å². The van der Waals surface area contributed by atoms with Gasteiger partial charge in [0.2, 0.25) is 5.96 Å². The van der Waals surface area contributed by atoms with E-state index < -0.39 is 0 Å². The Morgan fingerprint density at radius 2 is 2.06 bits per heavy atom. The van der Waals surface area contributed by atoms with Crippen LogP contribution in [0, 0.1) is 0 Å². The summed E-state index contributed by atoms with van der Waals surface area (Å²) >= 11 is 0. The van der Waals surface area contributed by atoms with E-state index in [2.05, 4.69) is 10.2 Å². The number of para-hydroxylation sites is 1. The molecule has 0 aliphatic carbocycles. The summed E-state index contributed by atoms with van der Waals surface area (Å²) in [5.74, 6) is 1.15.